The van der Waals surface area contributed by atoms with Crippen molar-refractivity contribution in [2.45, 2.75) is 31.4 Å². The highest BCUT2D eigenvalue weighted by Crippen LogP contribution is 2.20. The molecule has 4 N–H and O–H groups in total. The highest BCUT2D eigenvalue weighted by molar-refractivity contribution is 7.09. The molecule has 0 saturated carbocycles. The van der Waals surface area contributed by atoms with Crippen LogP contribution in [0.3, 0.4) is 0 Å². The van der Waals surface area contributed by atoms with E-state index in [2.05, 4.69) is 10.3 Å². The van der Waals surface area contributed by atoms with Crippen LogP contribution in [0.1, 0.15) is 41.3 Å². The molecular weight excluding hydrogens is 266 g/mol. The van der Waals surface area contributed by atoms with Gasteiger partial charge in [0.1, 0.15) is 10.7 Å². The van der Waals surface area contributed by atoms with E-state index in [0.717, 1.165) is 5.01 Å². The summed E-state index contributed by atoms with van der Waals surface area (Å²) in [4.78, 5) is 16.1. The molecule has 2 heterocycles. The zero-order chi connectivity index (χ0) is 13.9. The van der Waals surface area contributed by atoms with Crippen LogP contribution in [-0.2, 0) is 4.74 Å². The smallest absolute Gasteiger partial charge is 0.270 e. The molecule has 0 aliphatic carbocycles. The third-order valence-electron chi connectivity index (χ3n) is 3.15. The van der Waals surface area contributed by atoms with Crippen LogP contribution >= 0.6 is 11.3 Å². The fourth-order valence-electron chi connectivity index (χ4n) is 1.86. The Balaban J connectivity index is 1.89. The second kappa shape index (κ2) is 5.96. The molecule has 1 aliphatic heterocycles. The van der Waals surface area contributed by atoms with Crippen LogP contribution in [0.25, 0.3) is 0 Å². The van der Waals surface area contributed by atoms with Crippen molar-refractivity contribution < 1.29 is 14.6 Å². The second-order valence-electron chi connectivity index (χ2n) is 4.88. The minimum atomic E-state index is -0.867. The monoisotopic (exact) mass is 285 g/mol. The van der Waals surface area contributed by atoms with E-state index in [1.54, 1.807) is 5.38 Å². The van der Waals surface area contributed by atoms with Crippen LogP contribution in [0.15, 0.2) is 5.38 Å². The Morgan fingerprint density at radius 3 is 2.95 bits per heavy atom. The van der Waals surface area contributed by atoms with Crippen molar-refractivity contribution in [2.24, 2.45) is 5.73 Å². The maximum atomic E-state index is 11.9. The summed E-state index contributed by atoms with van der Waals surface area (Å²) in [7, 11) is 0. The van der Waals surface area contributed by atoms with Gasteiger partial charge in [0.05, 0.1) is 11.6 Å². The lowest BCUT2D eigenvalue weighted by molar-refractivity contribution is -0.0605. The van der Waals surface area contributed by atoms with Gasteiger partial charge in [0.2, 0.25) is 0 Å². The Hall–Kier alpha value is -1.02. The van der Waals surface area contributed by atoms with Crippen LogP contribution in [-0.4, -0.2) is 41.4 Å². The number of aromatic nitrogens is 1. The first-order chi connectivity index (χ1) is 9.00. The molecule has 1 atom stereocenters. The van der Waals surface area contributed by atoms with E-state index in [1.807, 2.05) is 6.92 Å². The predicted octanol–water partition coefficient (Wildman–Crippen LogP) is 0.434. The molecule has 1 aromatic heterocycles. The Labute approximate surface area is 116 Å². The number of aliphatic hydroxyl groups is 1. The molecule has 1 saturated heterocycles. The summed E-state index contributed by atoms with van der Waals surface area (Å²) in [6, 6.07) is -0.175. The quantitative estimate of drug-likeness (QED) is 0.745. The molecule has 1 unspecified atom stereocenters. The molecule has 6 nitrogen and oxygen atoms in total. The zero-order valence-corrected chi connectivity index (χ0v) is 11.7. The number of ether oxygens (including phenoxy) is 1. The van der Waals surface area contributed by atoms with Gasteiger partial charge in [-0.15, -0.1) is 11.3 Å². The lowest BCUT2D eigenvalue weighted by Gasteiger charge is -2.31. The van der Waals surface area contributed by atoms with Crippen molar-refractivity contribution in [2.75, 3.05) is 19.8 Å². The van der Waals surface area contributed by atoms with Gasteiger partial charge < -0.3 is 20.9 Å². The van der Waals surface area contributed by atoms with E-state index >= 15 is 0 Å². The van der Waals surface area contributed by atoms with Gasteiger partial charge in [-0.2, -0.15) is 0 Å². The number of thiazole rings is 1. The third-order valence-corrected chi connectivity index (χ3v) is 4.19. The molecule has 0 spiro atoms. The first kappa shape index (κ1) is 14.4. The van der Waals surface area contributed by atoms with Gasteiger partial charge in [0.15, 0.2) is 0 Å². The average molecular weight is 285 g/mol. The predicted molar refractivity (Wildman–Crippen MR) is 72.1 cm³/mol. The molecule has 1 aliphatic rings. The standard InChI is InChI=1S/C12H19N3O3S/c1-8(13)11-15-9(6-19-11)10(16)14-7-12(17)2-4-18-5-3-12/h6,8,17H,2-5,7,13H2,1H3,(H,14,16). The molecule has 0 bridgehead atoms. The van der Waals surface area contributed by atoms with Gasteiger partial charge in [-0.1, -0.05) is 0 Å². The summed E-state index contributed by atoms with van der Waals surface area (Å²) >= 11 is 1.37. The minimum absolute atomic E-state index is 0.175. The zero-order valence-electron chi connectivity index (χ0n) is 10.9. The fourth-order valence-corrected chi connectivity index (χ4v) is 2.62. The van der Waals surface area contributed by atoms with E-state index in [1.165, 1.54) is 11.3 Å². The van der Waals surface area contributed by atoms with E-state index < -0.39 is 5.60 Å². The van der Waals surface area contributed by atoms with Crippen LogP contribution in [0.4, 0.5) is 0 Å². The number of hydrogen-bond donors (Lipinski definition) is 3. The third kappa shape index (κ3) is 3.73. The lowest BCUT2D eigenvalue weighted by atomic mass is 9.94. The van der Waals surface area contributed by atoms with Crippen molar-refractivity contribution in [3.8, 4) is 0 Å². The summed E-state index contributed by atoms with van der Waals surface area (Å²) in [5, 5.41) is 15.4. The van der Waals surface area contributed by atoms with Gasteiger partial charge in [0.25, 0.3) is 5.91 Å². The van der Waals surface area contributed by atoms with Crippen LogP contribution in [0.2, 0.25) is 0 Å². The van der Waals surface area contributed by atoms with Gasteiger partial charge in [0, 0.05) is 38.0 Å². The molecule has 1 aromatic rings. The van der Waals surface area contributed by atoms with Crippen molar-refractivity contribution >= 4 is 17.2 Å². The number of nitrogens with two attached hydrogens (primary N) is 1. The first-order valence-electron chi connectivity index (χ1n) is 6.29. The van der Waals surface area contributed by atoms with Crippen molar-refractivity contribution in [3.63, 3.8) is 0 Å². The van der Waals surface area contributed by atoms with Crippen molar-refractivity contribution in [3.05, 3.63) is 16.1 Å². The summed E-state index contributed by atoms with van der Waals surface area (Å²) in [5.41, 5.74) is 5.19. The van der Waals surface area contributed by atoms with E-state index in [-0.39, 0.29) is 18.5 Å². The van der Waals surface area contributed by atoms with Crippen LogP contribution in [0.5, 0.6) is 0 Å². The summed E-state index contributed by atoms with van der Waals surface area (Å²) in [5.74, 6) is -0.275. The molecule has 19 heavy (non-hydrogen) atoms. The molecule has 1 amide bonds. The van der Waals surface area contributed by atoms with E-state index in [9.17, 15) is 9.90 Å². The maximum absolute atomic E-state index is 11.9. The normalized spacial score (nSPS) is 19.9. The van der Waals surface area contributed by atoms with E-state index in [4.69, 9.17) is 10.5 Å². The number of rotatable bonds is 4. The molecule has 106 valence electrons. The molecule has 0 radical (unpaired) electrons. The summed E-state index contributed by atoms with van der Waals surface area (Å²) in [6.45, 7) is 3.10. The van der Waals surface area contributed by atoms with Crippen molar-refractivity contribution in [1.82, 2.24) is 10.3 Å². The minimum Gasteiger partial charge on any atom is -0.388 e. The fraction of sp³-hybridized carbons (Fsp3) is 0.667. The summed E-state index contributed by atoms with van der Waals surface area (Å²) < 4.78 is 5.19. The molecule has 0 aromatic carbocycles. The van der Waals surface area contributed by atoms with E-state index in [0.29, 0.717) is 31.7 Å². The van der Waals surface area contributed by atoms with Gasteiger partial charge in [-0.05, 0) is 6.92 Å². The number of nitrogens with zero attached hydrogens (tertiary/aromatic N) is 1. The Kier molecular flexibility index (Phi) is 4.51. The first-order valence-corrected chi connectivity index (χ1v) is 7.17. The molecule has 1 fully saturated rings. The second-order valence-corrected chi connectivity index (χ2v) is 5.77. The Morgan fingerprint density at radius 2 is 2.37 bits per heavy atom. The molecule has 7 heteroatoms. The largest absolute Gasteiger partial charge is 0.388 e. The number of carbonyl (C=O) groups is 1. The van der Waals surface area contributed by atoms with Gasteiger partial charge in [-0.25, -0.2) is 4.98 Å². The van der Waals surface area contributed by atoms with Gasteiger partial charge in [-0.3, -0.25) is 4.79 Å². The lowest BCUT2D eigenvalue weighted by Crippen LogP contribution is -2.46. The number of hydrogen-bond acceptors (Lipinski definition) is 6. The van der Waals surface area contributed by atoms with Crippen LogP contribution < -0.4 is 11.1 Å². The van der Waals surface area contributed by atoms with Gasteiger partial charge >= 0.3 is 0 Å². The summed E-state index contributed by atoms with van der Waals surface area (Å²) in [6.07, 6.45) is 1.07. The topological polar surface area (TPSA) is 97.5 Å². The van der Waals surface area contributed by atoms with Crippen LogP contribution in [0, 0.1) is 0 Å². The molecule has 2 rings (SSSR count). The maximum Gasteiger partial charge on any atom is 0.270 e. The number of amides is 1. The molecular formula is C12H19N3O3S. The Morgan fingerprint density at radius 1 is 1.68 bits per heavy atom. The van der Waals surface area contributed by atoms with Crippen molar-refractivity contribution in [1.29, 1.82) is 0 Å². The Bertz CT molecular complexity index is 441. The average Bonchev–Trinajstić information content (AvgIpc) is 2.87. The number of nitrogens with one attached hydrogen (secondary N) is 1. The number of carbonyl (C=O) groups excluding carboxylic acids is 1. The highest BCUT2D eigenvalue weighted by Gasteiger charge is 2.30. The SMILES string of the molecule is CC(N)c1nc(C(=O)NCC2(O)CCOCC2)cs1. The highest BCUT2D eigenvalue weighted by atomic mass is 32.1.